The zero-order valence-electron chi connectivity index (χ0n) is 14.8. The molecule has 2 aromatic rings. The highest BCUT2D eigenvalue weighted by molar-refractivity contribution is 7.09. The Morgan fingerprint density at radius 2 is 1.80 bits per heavy atom. The molecule has 0 saturated carbocycles. The number of hydrogen-bond donors (Lipinski definition) is 0. The van der Waals surface area contributed by atoms with Gasteiger partial charge in [-0.15, -0.1) is 11.3 Å². The van der Waals surface area contributed by atoms with Gasteiger partial charge < -0.3 is 9.47 Å². The van der Waals surface area contributed by atoms with Crippen LogP contribution in [-0.4, -0.2) is 50.2 Å². The smallest absolute Gasteiger partial charge is 0.165 e. The van der Waals surface area contributed by atoms with Crippen LogP contribution in [0.15, 0.2) is 29.6 Å². The van der Waals surface area contributed by atoms with Gasteiger partial charge in [0.05, 0.1) is 14.2 Å². The molecule has 0 aliphatic carbocycles. The lowest BCUT2D eigenvalue weighted by Gasteiger charge is -2.23. The molecule has 1 fully saturated rings. The van der Waals surface area contributed by atoms with E-state index >= 15 is 0 Å². The van der Waals surface area contributed by atoms with Crippen LogP contribution in [0.3, 0.4) is 0 Å². The summed E-state index contributed by atoms with van der Waals surface area (Å²) in [4.78, 5) is 6.46. The molecule has 2 heterocycles. The van der Waals surface area contributed by atoms with Crippen LogP contribution in [0.25, 0.3) is 0 Å². The normalized spacial score (nSPS) is 16.6. The summed E-state index contributed by atoms with van der Waals surface area (Å²) >= 11 is 8.09. The minimum absolute atomic E-state index is 0.682. The van der Waals surface area contributed by atoms with Crippen molar-refractivity contribution in [2.45, 2.75) is 19.5 Å². The first-order chi connectivity index (χ1) is 12.2. The maximum absolute atomic E-state index is 6.25. The molecule has 0 radical (unpaired) electrons. The Balaban J connectivity index is 1.65. The molecule has 6 heteroatoms. The number of thiophene rings is 1. The number of benzene rings is 1. The molecular weight excluding hydrogens is 356 g/mol. The van der Waals surface area contributed by atoms with Crippen molar-refractivity contribution in [1.82, 2.24) is 9.80 Å². The molecule has 1 aliphatic heterocycles. The lowest BCUT2D eigenvalue weighted by Crippen LogP contribution is -2.30. The average molecular weight is 381 g/mol. The van der Waals surface area contributed by atoms with Crippen LogP contribution in [-0.2, 0) is 13.1 Å². The van der Waals surface area contributed by atoms with E-state index in [2.05, 4.69) is 27.3 Å². The van der Waals surface area contributed by atoms with E-state index in [1.54, 1.807) is 20.3 Å². The van der Waals surface area contributed by atoms with Gasteiger partial charge in [0.15, 0.2) is 11.5 Å². The van der Waals surface area contributed by atoms with Crippen molar-refractivity contribution in [2.75, 3.05) is 40.4 Å². The summed E-state index contributed by atoms with van der Waals surface area (Å²) in [5.74, 6) is 1.48. The molecule has 136 valence electrons. The Labute approximate surface area is 158 Å². The Morgan fingerprint density at radius 1 is 1.04 bits per heavy atom. The lowest BCUT2D eigenvalue weighted by atomic mass is 10.1. The first-order valence-corrected chi connectivity index (χ1v) is 9.83. The SMILES string of the molecule is COc1cc(Cl)cc(CN2CCCN(Cc3cccs3)CC2)c1OC. The maximum atomic E-state index is 6.25. The van der Waals surface area contributed by atoms with E-state index in [4.69, 9.17) is 21.1 Å². The number of ether oxygens (including phenoxy) is 2. The van der Waals surface area contributed by atoms with Crippen molar-refractivity contribution < 1.29 is 9.47 Å². The Morgan fingerprint density at radius 3 is 2.44 bits per heavy atom. The molecular formula is C19H25ClN2O2S. The molecule has 1 aromatic heterocycles. The van der Waals surface area contributed by atoms with Gasteiger partial charge in [0.2, 0.25) is 0 Å². The first-order valence-electron chi connectivity index (χ1n) is 8.57. The number of nitrogens with zero attached hydrogens (tertiary/aromatic N) is 2. The maximum Gasteiger partial charge on any atom is 0.165 e. The van der Waals surface area contributed by atoms with E-state index in [0.29, 0.717) is 10.8 Å². The summed E-state index contributed by atoms with van der Waals surface area (Å²) in [5.41, 5.74) is 1.08. The van der Waals surface area contributed by atoms with E-state index in [9.17, 15) is 0 Å². The summed E-state index contributed by atoms with van der Waals surface area (Å²) in [7, 11) is 3.33. The standard InChI is InChI=1S/C19H25ClN2O2S/c1-23-18-12-16(20)11-15(19(18)24-2)13-21-6-4-7-22(9-8-21)14-17-5-3-10-25-17/h3,5,10-12H,4,6-9,13-14H2,1-2H3. The summed E-state index contributed by atoms with van der Waals surface area (Å²) in [6.07, 6.45) is 1.17. The van der Waals surface area contributed by atoms with Crippen LogP contribution in [0.1, 0.15) is 16.9 Å². The molecule has 0 bridgehead atoms. The summed E-state index contributed by atoms with van der Waals surface area (Å²) in [6.45, 7) is 6.23. The second-order valence-electron chi connectivity index (χ2n) is 6.29. The van der Waals surface area contributed by atoms with Gasteiger partial charge in [0.1, 0.15) is 0 Å². The lowest BCUT2D eigenvalue weighted by molar-refractivity contribution is 0.245. The summed E-state index contributed by atoms with van der Waals surface area (Å²) in [6, 6.07) is 8.13. The van der Waals surface area contributed by atoms with Crippen LogP contribution in [0, 0.1) is 0 Å². The zero-order chi connectivity index (χ0) is 17.6. The van der Waals surface area contributed by atoms with Gasteiger partial charge in [0.25, 0.3) is 0 Å². The van der Waals surface area contributed by atoms with Crippen molar-refractivity contribution in [3.8, 4) is 11.5 Å². The van der Waals surface area contributed by atoms with E-state index in [0.717, 1.165) is 50.6 Å². The highest BCUT2D eigenvalue weighted by Gasteiger charge is 2.19. The van der Waals surface area contributed by atoms with E-state index < -0.39 is 0 Å². The van der Waals surface area contributed by atoms with Crippen molar-refractivity contribution >= 4 is 22.9 Å². The van der Waals surface area contributed by atoms with Crippen LogP contribution in [0.4, 0.5) is 0 Å². The van der Waals surface area contributed by atoms with Crippen molar-refractivity contribution in [3.05, 3.63) is 45.1 Å². The largest absolute Gasteiger partial charge is 0.493 e. The minimum atomic E-state index is 0.682. The van der Waals surface area contributed by atoms with E-state index in [-0.39, 0.29) is 0 Å². The number of halogens is 1. The van der Waals surface area contributed by atoms with Gasteiger partial charge >= 0.3 is 0 Å². The molecule has 1 aromatic carbocycles. The van der Waals surface area contributed by atoms with Crippen molar-refractivity contribution in [2.24, 2.45) is 0 Å². The van der Waals surface area contributed by atoms with E-state index in [1.165, 1.54) is 11.3 Å². The van der Waals surface area contributed by atoms with Gasteiger partial charge in [-0.2, -0.15) is 0 Å². The third-order valence-corrected chi connectivity index (χ3v) is 5.63. The third-order valence-electron chi connectivity index (χ3n) is 4.56. The number of hydrogen-bond acceptors (Lipinski definition) is 5. The van der Waals surface area contributed by atoms with E-state index in [1.807, 2.05) is 17.4 Å². The Kier molecular flexibility index (Phi) is 6.59. The van der Waals surface area contributed by atoms with Gasteiger partial charge in [-0.3, -0.25) is 9.80 Å². The quantitative estimate of drug-likeness (QED) is 0.752. The molecule has 1 aliphatic rings. The average Bonchev–Trinajstić information content (AvgIpc) is 3.01. The molecule has 0 unspecified atom stereocenters. The molecule has 0 amide bonds. The molecule has 25 heavy (non-hydrogen) atoms. The predicted molar refractivity (Wildman–Crippen MR) is 104 cm³/mol. The highest BCUT2D eigenvalue weighted by atomic mass is 35.5. The third kappa shape index (κ3) is 4.88. The predicted octanol–water partition coefficient (Wildman–Crippen LogP) is 4.13. The molecule has 3 rings (SSSR count). The second kappa shape index (κ2) is 8.90. The highest BCUT2D eigenvalue weighted by Crippen LogP contribution is 2.35. The Hall–Kier alpha value is -1.27. The first kappa shape index (κ1) is 18.5. The number of rotatable bonds is 6. The van der Waals surface area contributed by atoms with Crippen molar-refractivity contribution in [1.29, 1.82) is 0 Å². The van der Waals surface area contributed by atoms with Crippen molar-refractivity contribution in [3.63, 3.8) is 0 Å². The molecule has 4 nitrogen and oxygen atoms in total. The van der Waals surface area contributed by atoms with Crippen LogP contribution >= 0.6 is 22.9 Å². The fraction of sp³-hybridized carbons (Fsp3) is 0.474. The number of methoxy groups -OCH3 is 2. The summed E-state index contributed by atoms with van der Waals surface area (Å²) in [5, 5.41) is 2.83. The molecule has 0 atom stereocenters. The molecule has 0 N–H and O–H groups in total. The zero-order valence-corrected chi connectivity index (χ0v) is 16.4. The second-order valence-corrected chi connectivity index (χ2v) is 7.75. The fourth-order valence-corrected chi connectivity index (χ4v) is 4.30. The Bertz CT molecular complexity index is 678. The monoisotopic (exact) mass is 380 g/mol. The minimum Gasteiger partial charge on any atom is -0.493 e. The van der Waals surface area contributed by atoms with Gasteiger partial charge in [0, 0.05) is 47.7 Å². The fourth-order valence-electron chi connectivity index (χ4n) is 3.33. The van der Waals surface area contributed by atoms with Gasteiger partial charge in [-0.1, -0.05) is 17.7 Å². The van der Waals surface area contributed by atoms with Crippen LogP contribution in [0.5, 0.6) is 11.5 Å². The van der Waals surface area contributed by atoms with Gasteiger partial charge in [-0.25, -0.2) is 0 Å². The summed E-state index contributed by atoms with van der Waals surface area (Å²) < 4.78 is 11.0. The topological polar surface area (TPSA) is 24.9 Å². The molecule has 1 saturated heterocycles. The van der Waals surface area contributed by atoms with Crippen LogP contribution in [0.2, 0.25) is 5.02 Å². The van der Waals surface area contributed by atoms with Crippen LogP contribution < -0.4 is 9.47 Å². The van der Waals surface area contributed by atoms with Gasteiger partial charge in [-0.05, 0) is 37.0 Å². The molecule has 0 spiro atoms.